The van der Waals surface area contributed by atoms with Crippen LogP contribution in [-0.4, -0.2) is 33.2 Å². The first-order valence-corrected chi connectivity index (χ1v) is 9.15. The Morgan fingerprint density at radius 2 is 2.17 bits per heavy atom. The van der Waals surface area contributed by atoms with Crippen molar-refractivity contribution in [2.45, 2.75) is 32.2 Å². The molecule has 1 N–H and O–H groups in total. The van der Waals surface area contributed by atoms with Crippen LogP contribution in [0.15, 0.2) is 24.4 Å². The third-order valence-corrected chi connectivity index (χ3v) is 6.05. The number of aryl methyl sites for hydroxylation is 1. The summed E-state index contributed by atoms with van der Waals surface area (Å²) in [6.07, 6.45) is 4.23. The second-order valence-corrected chi connectivity index (χ2v) is 7.74. The highest BCUT2D eigenvalue weighted by atomic mass is 35.5. The van der Waals surface area contributed by atoms with Crippen LogP contribution in [0.2, 0.25) is 5.02 Å². The number of likely N-dealkylation sites (tertiary alicyclic amines) is 1. The van der Waals surface area contributed by atoms with Gasteiger partial charge in [0.15, 0.2) is 0 Å². The molecule has 1 aromatic carbocycles. The fraction of sp³-hybridized carbons (Fsp3) is 0.412. The van der Waals surface area contributed by atoms with E-state index >= 15 is 0 Å². The molecule has 1 fully saturated rings. The Hall–Kier alpha value is -1.43. The Bertz CT molecular complexity index is 817. The standard InChI is InChI=1S/C17H19ClN4S/c1-11-9-19-21-15(11)10-22-6-4-12(5-7-22)17-20-14-8-13(18)2-3-16(14)23-17/h2-3,8-9,12H,4-7,10H2,1H3,(H,19,21). The fourth-order valence-electron chi connectivity index (χ4n) is 3.19. The minimum Gasteiger partial charge on any atom is -0.297 e. The van der Waals surface area contributed by atoms with Gasteiger partial charge in [-0.15, -0.1) is 11.3 Å². The Kier molecular flexibility index (Phi) is 4.09. The van der Waals surface area contributed by atoms with Gasteiger partial charge in [0, 0.05) is 17.5 Å². The van der Waals surface area contributed by atoms with Gasteiger partial charge in [0.05, 0.1) is 27.1 Å². The third-order valence-electron chi connectivity index (χ3n) is 4.62. The summed E-state index contributed by atoms with van der Waals surface area (Å²) in [6, 6.07) is 5.99. The lowest BCUT2D eigenvalue weighted by molar-refractivity contribution is 0.202. The van der Waals surface area contributed by atoms with Crippen LogP contribution in [-0.2, 0) is 6.54 Å². The van der Waals surface area contributed by atoms with Gasteiger partial charge in [-0.3, -0.25) is 10.00 Å². The third kappa shape index (κ3) is 3.13. The molecule has 0 spiro atoms. The van der Waals surface area contributed by atoms with Gasteiger partial charge in [-0.2, -0.15) is 5.10 Å². The second kappa shape index (κ2) is 6.23. The Morgan fingerprint density at radius 1 is 1.35 bits per heavy atom. The SMILES string of the molecule is Cc1cn[nH]c1CN1CCC(c2nc3cc(Cl)ccc3s2)CC1. The highest BCUT2D eigenvalue weighted by Gasteiger charge is 2.23. The van der Waals surface area contributed by atoms with Gasteiger partial charge in [0.25, 0.3) is 0 Å². The molecule has 1 saturated heterocycles. The van der Waals surface area contributed by atoms with E-state index in [-0.39, 0.29) is 0 Å². The number of nitrogens with one attached hydrogen (secondary N) is 1. The fourth-order valence-corrected chi connectivity index (χ4v) is 4.47. The molecular weight excluding hydrogens is 328 g/mol. The van der Waals surface area contributed by atoms with Crippen LogP contribution < -0.4 is 0 Å². The predicted molar refractivity (Wildman–Crippen MR) is 95.2 cm³/mol. The van der Waals surface area contributed by atoms with Gasteiger partial charge in [0.2, 0.25) is 0 Å². The number of rotatable bonds is 3. The summed E-state index contributed by atoms with van der Waals surface area (Å²) in [6.45, 7) is 5.30. The van der Waals surface area contributed by atoms with E-state index in [2.05, 4.69) is 28.1 Å². The predicted octanol–water partition coefficient (Wildman–Crippen LogP) is 4.36. The summed E-state index contributed by atoms with van der Waals surface area (Å²) in [7, 11) is 0. The molecule has 1 aliphatic rings. The van der Waals surface area contributed by atoms with Crippen LogP contribution in [0.1, 0.15) is 35.0 Å². The van der Waals surface area contributed by atoms with E-state index in [0.717, 1.165) is 30.2 Å². The lowest BCUT2D eigenvalue weighted by Gasteiger charge is -2.30. The minimum atomic E-state index is 0.574. The molecule has 0 saturated carbocycles. The molecule has 0 unspecified atom stereocenters. The van der Waals surface area contributed by atoms with E-state index in [9.17, 15) is 0 Å². The smallest absolute Gasteiger partial charge is 0.0970 e. The van der Waals surface area contributed by atoms with Crippen LogP contribution in [0.5, 0.6) is 0 Å². The quantitative estimate of drug-likeness (QED) is 0.766. The normalized spacial score (nSPS) is 17.1. The molecule has 3 aromatic rings. The molecular formula is C17H19ClN4S. The summed E-state index contributed by atoms with van der Waals surface area (Å²) in [4.78, 5) is 7.31. The molecule has 1 aliphatic heterocycles. The number of hydrogen-bond acceptors (Lipinski definition) is 4. The number of piperidine rings is 1. The summed E-state index contributed by atoms with van der Waals surface area (Å²) in [5, 5.41) is 9.24. The number of thiazole rings is 1. The number of H-pyrrole nitrogens is 1. The minimum absolute atomic E-state index is 0.574. The largest absolute Gasteiger partial charge is 0.297 e. The molecule has 4 nitrogen and oxygen atoms in total. The van der Waals surface area contributed by atoms with E-state index in [4.69, 9.17) is 16.6 Å². The molecule has 0 atom stereocenters. The molecule has 0 amide bonds. The molecule has 0 radical (unpaired) electrons. The topological polar surface area (TPSA) is 44.8 Å². The summed E-state index contributed by atoms with van der Waals surface area (Å²) in [5.41, 5.74) is 3.52. The van der Waals surface area contributed by atoms with E-state index < -0.39 is 0 Å². The van der Waals surface area contributed by atoms with Gasteiger partial charge in [-0.1, -0.05) is 11.6 Å². The summed E-state index contributed by atoms with van der Waals surface area (Å²) < 4.78 is 1.24. The lowest BCUT2D eigenvalue weighted by atomic mass is 9.97. The van der Waals surface area contributed by atoms with Crippen molar-refractivity contribution in [1.82, 2.24) is 20.1 Å². The molecule has 2 aromatic heterocycles. The number of aromatic nitrogens is 3. The average molecular weight is 347 g/mol. The average Bonchev–Trinajstić information content (AvgIpc) is 3.14. The van der Waals surface area contributed by atoms with Gasteiger partial charge in [0.1, 0.15) is 0 Å². The van der Waals surface area contributed by atoms with Crippen molar-refractivity contribution in [3.05, 3.63) is 45.7 Å². The van der Waals surface area contributed by atoms with Gasteiger partial charge < -0.3 is 0 Å². The number of fused-ring (bicyclic) bond motifs is 1. The van der Waals surface area contributed by atoms with Crippen molar-refractivity contribution >= 4 is 33.2 Å². The van der Waals surface area contributed by atoms with Crippen molar-refractivity contribution in [2.75, 3.05) is 13.1 Å². The summed E-state index contributed by atoms with van der Waals surface area (Å²) >= 11 is 7.88. The lowest BCUT2D eigenvalue weighted by Crippen LogP contribution is -2.32. The maximum Gasteiger partial charge on any atom is 0.0970 e. The monoisotopic (exact) mass is 346 g/mol. The molecule has 0 aliphatic carbocycles. The van der Waals surface area contributed by atoms with Gasteiger partial charge in [-0.05, 0) is 56.6 Å². The first-order chi connectivity index (χ1) is 11.2. The number of nitrogens with zero attached hydrogens (tertiary/aromatic N) is 3. The van der Waals surface area contributed by atoms with E-state index in [1.54, 1.807) is 0 Å². The van der Waals surface area contributed by atoms with Crippen molar-refractivity contribution < 1.29 is 0 Å². The first-order valence-electron chi connectivity index (χ1n) is 7.96. The Balaban J connectivity index is 1.43. The van der Waals surface area contributed by atoms with Crippen LogP contribution in [0.3, 0.4) is 0 Å². The molecule has 23 heavy (non-hydrogen) atoms. The van der Waals surface area contributed by atoms with Gasteiger partial charge in [-0.25, -0.2) is 4.98 Å². The number of aromatic amines is 1. The molecule has 6 heteroatoms. The zero-order chi connectivity index (χ0) is 15.8. The van der Waals surface area contributed by atoms with E-state index in [1.807, 2.05) is 29.7 Å². The highest BCUT2D eigenvalue weighted by molar-refractivity contribution is 7.18. The Labute approximate surface area is 144 Å². The second-order valence-electron chi connectivity index (χ2n) is 6.25. The Morgan fingerprint density at radius 3 is 2.91 bits per heavy atom. The number of benzene rings is 1. The van der Waals surface area contributed by atoms with Crippen LogP contribution in [0.4, 0.5) is 0 Å². The van der Waals surface area contributed by atoms with E-state index in [0.29, 0.717) is 5.92 Å². The van der Waals surface area contributed by atoms with Crippen LogP contribution in [0.25, 0.3) is 10.2 Å². The van der Waals surface area contributed by atoms with E-state index in [1.165, 1.54) is 33.8 Å². The zero-order valence-electron chi connectivity index (χ0n) is 13.1. The molecule has 3 heterocycles. The van der Waals surface area contributed by atoms with Crippen molar-refractivity contribution in [2.24, 2.45) is 0 Å². The number of hydrogen-bond donors (Lipinski definition) is 1. The maximum absolute atomic E-state index is 6.06. The van der Waals surface area contributed by atoms with Crippen molar-refractivity contribution in [3.63, 3.8) is 0 Å². The van der Waals surface area contributed by atoms with Crippen LogP contribution in [0, 0.1) is 6.92 Å². The highest BCUT2D eigenvalue weighted by Crippen LogP contribution is 2.34. The van der Waals surface area contributed by atoms with Crippen LogP contribution >= 0.6 is 22.9 Å². The maximum atomic E-state index is 6.06. The van der Waals surface area contributed by atoms with Crippen molar-refractivity contribution in [3.8, 4) is 0 Å². The number of halogens is 1. The first kappa shape index (κ1) is 15.1. The zero-order valence-corrected chi connectivity index (χ0v) is 14.6. The van der Waals surface area contributed by atoms with Gasteiger partial charge >= 0.3 is 0 Å². The molecule has 0 bridgehead atoms. The molecule has 4 rings (SSSR count). The van der Waals surface area contributed by atoms with Crippen molar-refractivity contribution in [1.29, 1.82) is 0 Å². The summed E-state index contributed by atoms with van der Waals surface area (Å²) in [5.74, 6) is 0.574. The molecule has 120 valence electrons.